The van der Waals surface area contributed by atoms with Crippen LogP contribution in [0.4, 0.5) is 5.82 Å². The number of Topliss-reactive ketones (excluding diaryl/α,β-unsaturated/α-hetero) is 2. The highest BCUT2D eigenvalue weighted by Gasteiger charge is 2.19. The number of anilines is 1. The van der Waals surface area contributed by atoms with Crippen LogP contribution in [-0.4, -0.2) is 37.4 Å². The van der Waals surface area contributed by atoms with E-state index in [0.29, 0.717) is 27.0 Å². The van der Waals surface area contributed by atoms with Gasteiger partial charge in [-0.1, -0.05) is 13.5 Å². The van der Waals surface area contributed by atoms with E-state index in [1.807, 2.05) is 13.0 Å². The van der Waals surface area contributed by atoms with E-state index >= 15 is 0 Å². The highest BCUT2D eigenvalue weighted by Crippen LogP contribution is 2.24. The quantitative estimate of drug-likeness (QED) is 0.438. The van der Waals surface area contributed by atoms with Crippen molar-refractivity contribution in [1.29, 1.82) is 0 Å². The second kappa shape index (κ2) is 9.27. The van der Waals surface area contributed by atoms with Gasteiger partial charge >= 0.3 is 0 Å². The van der Waals surface area contributed by atoms with Crippen molar-refractivity contribution in [2.24, 2.45) is 0 Å². The molecule has 0 saturated heterocycles. The summed E-state index contributed by atoms with van der Waals surface area (Å²) in [4.78, 5) is 52.8. The Morgan fingerprint density at radius 3 is 2.57 bits per heavy atom. The normalized spacial score (nSPS) is 11.5. The number of amides is 1. The minimum absolute atomic E-state index is 0.0213. The van der Waals surface area contributed by atoms with Crippen molar-refractivity contribution in [2.45, 2.75) is 26.2 Å². The molecular formula is C21H19N5O3S. The standard InChI is InChI=1S/C21H19N5O3S/c1-4-20(29)26-19-11-23-16(9-24-19)15-5-14(7-22-8-15)12(2)17(28)6-21-25-10-18(30-21)13(3)27/h4-5,7-12H,1,6H2,2-3H3,(H,24,26,29). The average Bonchev–Trinajstić information content (AvgIpc) is 3.22. The van der Waals surface area contributed by atoms with E-state index in [1.54, 1.807) is 12.4 Å². The molecule has 3 aromatic heterocycles. The number of hydrogen-bond donors (Lipinski definition) is 1. The number of pyridine rings is 1. The minimum Gasteiger partial charge on any atom is -0.306 e. The van der Waals surface area contributed by atoms with Crippen molar-refractivity contribution in [3.05, 3.63) is 65.2 Å². The van der Waals surface area contributed by atoms with E-state index in [2.05, 4.69) is 31.8 Å². The first-order chi connectivity index (χ1) is 14.4. The molecule has 1 atom stereocenters. The predicted molar refractivity (Wildman–Crippen MR) is 113 cm³/mol. The number of nitrogens with zero attached hydrogens (tertiary/aromatic N) is 4. The fourth-order valence-electron chi connectivity index (χ4n) is 2.60. The molecule has 3 aromatic rings. The largest absolute Gasteiger partial charge is 0.306 e. The molecule has 0 aromatic carbocycles. The van der Waals surface area contributed by atoms with Crippen LogP contribution >= 0.6 is 11.3 Å². The molecule has 0 saturated carbocycles. The first-order valence-corrected chi connectivity index (χ1v) is 9.88. The van der Waals surface area contributed by atoms with Gasteiger partial charge in [0.2, 0.25) is 5.91 Å². The van der Waals surface area contributed by atoms with E-state index in [0.717, 1.165) is 11.6 Å². The Bertz CT molecular complexity index is 1110. The summed E-state index contributed by atoms with van der Waals surface area (Å²) in [5, 5.41) is 3.14. The molecule has 1 amide bonds. The molecule has 0 aliphatic carbocycles. The van der Waals surface area contributed by atoms with Crippen molar-refractivity contribution in [1.82, 2.24) is 19.9 Å². The first-order valence-electron chi connectivity index (χ1n) is 9.06. The lowest BCUT2D eigenvalue weighted by molar-refractivity contribution is -0.119. The third-order valence-electron chi connectivity index (χ3n) is 4.35. The van der Waals surface area contributed by atoms with Gasteiger partial charge < -0.3 is 5.32 Å². The number of hydrogen-bond acceptors (Lipinski definition) is 8. The Labute approximate surface area is 177 Å². The van der Waals surface area contributed by atoms with Crippen LogP contribution in [0.15, 0.2) is 49.7 Å². The van der Waals surface area contributed by atoms with Gasteiger partial charge in [0.1, 0.15) is 10.8 Å². The Kier molecular flexibility index (Phi) is 6.53. The van der Waals surface area contributed by atoms with Gasteiger partial charge in [-0.25, -0.2) is 9.97 Å². The third-order valence-corrected chi connectivity index (χ3v) is 5.45. The van der Waals surface area contributed by atoms with Gasteiger partial charge in [0.25, 0.3) is 0 Å². The van der Waals surface area contributed by atoms with Crippen molar-refractivity contribution in [3.63, 3.8) is 0 Å². The third kappa shape index (κ3) is 5.06. The van der Waals surface area contributed by atoms with Crippen molar-refractivity contribution < 1.29 is 14.4 Å². The molecular weight excluding hydrogens is 402 g/mol. The highest BCUT2D eigenvalue weighted by atomic mass is 32.1. The van der Waals surface area contributed by atoms with Crippen molar-refractivity contribution >= 4 is 34.6 Å². The summed E-state index contributed by atoms with van der Waals surface area (Å²) < 4.78 is 0. The van der Waals surface area contributed by atoms with Gasteiger partial charge in [0.15, 0.2) is 11.6 Å². The molecule has 0 spiro atoms. The predicted octanol–water partition coefficient (Wildman–Crippen LogP) is 3.24. The molecule has 9 heteroatoms. The molecule has 1 N–H and O–H groups in total. The Balaban J connectivity index is 1.73. The lowest BCUT2D eigenvalue weighted by Crippen LogP contribution is -2.12. The van der Waals surface area contributed by atoms with E-state index < -0.39 is 5.92 Å². The van der Waals surface area contributed by atoms with Gasteiger partial charge in [-0.05, 0) is 17.7 Å². The monoisotopic (exact) mass is 421 g/mol. The number of carbonyl (C=O) groups excluding carboxylic acids is 3. The first kappa shape index (κ1) is 21.1. The SMILES string of the molecule is C=CC(=O)Nc1cnc(-c2cncc(C(C)C(=O)Cc3ncc(C(C)=O)s3)c2)cn1. The molecule has 30 heavy (non-hydrogen) atoms. The smallest absolute Gasteiger partial charge is 0.248 e. The molecule has 1 unspecified atom stereocenters. The Morgan fingerprint density at radius 2 is 1.93 bits per heavy atom. The Hall–Kier alpha value is -3.59. The number of carbonyl (C=O) groups is 3. The van der Waals surface area contributed by atoms with Crippen LogP contribution in [0.2, 0.25) is 0 Å². The highest BCUT2D eigenvalue weighted by molar-refractivity contribution is 7.13. The summed E-state index contributed by atoms with van der Waals surface area (Å²) in [5.41, 5.74) is 2.01. The summed E-state index contributed by atoms with van der Waals surface area (Å²) >= 11 is 1.24. The topological polar surface area (TPSA) is 115 Å². The number of aromatic nitrogens is 4. The second-order valence-electron chi connectivity index (χ2n) is 6.53. The summed E-state index contributed by atoms with van der Waals surface area (Å²) in [6, 6.07) is 1.84. The maximum Gasteiger partial charge on any atom is 0.248 e. The number of rotatable bonds is 8. The van der Waals surface area contributed by atoms with Crippen molar-refractivity contribution in [2.75, 3.05) is 5.32 Å². The van der Waals surface area contributed by atoms with Crippen LogP contribution in [0, 0.1) is 0 Å². The molecule has 152 valence electrons. The minimum atomic E-state index is -0.402. The molecule has 3 heterocycles. The van der Waals surface area contributed by atoms with Crippen LogP contribution in [0.5, 0.6) is 0 Å². The fraction of sp³-hybridized carbons (Fsp3) is 0.190. The van der Waals surface area contributed by atoms with E-state index in [9.17, 15) is 14.4 Å². The van der Waals surface area contributed by atoms with E-state index in [4.69, 9.17) is 0 Å². The zero-order valence-electron chi connectivity index (χ0n) is 16.5. The molecule has 0 aliphatic heterocycles. The average molecular weight is 421 g/mol. The zero-order chi connectivity index (χ0) is 21.7. The lowest BCUT2D eigenvalue weighted by atomic mass is 9.95. The summed E-state index contributed by atoms with van der Waals surface area (Å²) in [5.74, 6) is -0.547. The maximum absolute atomic E-state index is 12.7. The van der Waals surface area contributed by atoms with Gasteiger partial charge in [-0.2, -0.15) is 0 Å². The zero-order valence-corrected chi connectivity index (χ0v) is 17.3. The van der Waals surface area contributed by atoms with Gasteiger partial charge in [0, 0.05) is 37.0 Å². The van der Waals surface area contributed by atoms with E-state index in [1.165, 1.54) is 36.9 Å². The van der Waals surface area contributed by atoms with Crippen LogP contribution in [-0.2, 0) is 16.0 Å². The molecule has 0 bridgehead atoms. The number of nitrogens with one attached hydrogen (secondary N) is 1. The van der Waals surface area contributed by atoms with Crippen LogP contribution in [0.3, 0.4) is 0 Å². The van der Waals surface area contributed by atoms with Crippen LogP contribution in [0.25, 0.3) is 11.3 Å². The van der Waals surface area contributed by atoms with Crippen LogP contribution < -0.4 is 5.32 Å². The maximum atomic E-state index is 12.7. The van der Waals surface area contributed by atoms with Crippen molar-refractivity contribution in [3.8, 4) is 11.3 Å². The second-order valence-corrected chi connectivity index (χ2v) is 7.64. The fourth-order valence-corrected chi connectivity index (χ4v) is 3.42. The van der Waals surface area contributed by atoms with Crippen LogP contribution in [0.1, 0.15) is 40.0 Å². The number of ketones is 2. The summed E-state index contributed by atoms with van der Waals surface area (Å²) in [7, 11) is 0. The van der Waals surface area contributed by atoms with Gasteiger partial charge in [-0.3, -0.25) is 24.4 Å². The molecule has 0 aliphatic rings. The molecule has 0 fully saturated rings. The Morgan fingerprint density at radius 1 is 1.13 bits per heavy atom. The lowest BCUT2D eigenvalue weighted by Gasteiger charge is -2.11. The van der Waals surface area contributed by atoms with E-state index in [-0.39, 0.29) is 23.9 Å². The van der Waals surface area contributed by atoms with Gasteiger partial charge in [-0.15, -0.1) is 11.3 Å². The molecule has 3 rings (SSSR count). The van der Waals surface area contributed by atoms with Gasteiger partial charge in [0.05, 0.1) is 29.4 Å². The summed E-state index contributed by atoms with van der Waals surface area (Å²) in [6.45, 7) is 6.66. The number of thiazole rings is 1. The molecule has 8 nitrogen and oxygen atoms in total. The molecule has 0 radical (unpaired) electrons. The summed E-state index contributed by atoms with van der Waals surface area (Å²) in [6.07, 6.45) is 9.03.